The Balaban J connectivity index is 2.72. The van der Waals surface area contributed by atoms with Crippen LogP contribution in [0, 0.1) is 5.82 Å². The van der Waals surface area contributed by atoms with Crippen molar-refractivity contribution in [3.8, 4) is 5.75 Å². The van der Waals surface area contributed by atoms with Gasteiger partial charge in [0.2, 0.25) is 0 Å². The number of benzene rings is 1. The molecular formula is C12H16FNO3. The van der Waals surface area contributed by atoms with E-state index in [9.17, 15) is 9.18 Å². The number of ether oxygens (including phenoxy) is 2. The second-order valence-corrected chi connectivity index (χ2v) is 3.48. The maximum Gasteiger partial charge on any atom is 0.407 e. The van der Waals surface area contributed by atoms with Crippen molar-refractivity contribution >= 4 is 6.09 Å². The van der Waals surface area contributed by atoms with E-state index in [4.69, 9.17) is 9.47 Å². The minimum atomic E-state index is -0.517. The van der Waals surface area contributed by atoms with Crippen LogP contribution >= 0.6 is 0 Å². The van der Waals surface area contributed by atoms with Crippen LogP contribution in [0.2, 0.25) is 0 Å². The Morgan fingerprint density at radius 3 is 2.76 bits per heavy atom. The third-order valence-electron chi connectivity index (χ3n) is 2.29. The van der Waals surface area contributed by atoms with Crippen LogP contribution in [0.25, 0.3) is 0 Å². The van der Waals surface area contributed by atoms with Crippen molar-refractivity contribution in [1.82, 2.24) is 5.32 Å². The molecule has 0 fully saturated rings. The van der Waals surface area contributed by atoms with E-state index in [0.29, 0.717) is 12.2 Å². The van der Waals surface area contributed by atoms with Crippen molar-refractivity contribution < 1.29 is 18.7 Å². The lowest BCUT2D eigenvalue weighted by atomic mass is 10.1. The van der Waals surface area contributed by atoms with Gasteiger partial charge in [0, 0.05) is 0 Å². The van der Waals surface area contributed by atoms with Crippen LogP contribution in [0.4, 0.5) is 9.18 Å². The van der Waals surface area contributed by atoms with Gasteiger partial charge in [0.25, 0.3) is 0 Å². The van der Waals surface area contributed by atoms with Gasteiger partial charge in [-0.05, 0) is 31.5 Å². The van der Waals surface area contributed by atoms with Gasteiger partial charge in [-0.2, -0.15) is 0 Å². The highest BCUT2D eigenvalue weighted by Gasteiger charge is 2.12. The zero-order chi connectivity index (χ0) is 12.8. The van der Waals surface area contributed by atoms with Crippen molar-refractivity contribution in [3.63, 3.8) is 0 Å². The molecule has 0 saturated heterocycles. The molecule has 0 aliphatic carbocycles. The lowest BCUT2D eigenvalue weighted by Gasteiger charge is -2.14. The standard InChI is InChI=1S/C12H16FNO3/c1-4-17-12(15)14-8(2)9-5-6-11(16-3)10(13)7-9/h5-8H,4H2,1-3H3,(H,14,15). The molecule has 0 heterocycles. The van der Waals surface area contributed by atoms with Gasteiger partial charge in [0.05, 0.1) is 19.8 Å². The van der Waals surface area contributed by atoms with Crippen molar-refractivity contribution in [2.45, 2.75) is 19.9 Å². The number of methoxy groups -OCH3 is 1. The Kier molecular flexibility index (Phi) is 4.75. The zero-order valence-corrected chi connectivity index (χ0v) is 10.1. The summed E-state index contributed by atoms with van der Waals surface area (Å²) in [5.41, 5.74) is 0.649. The first-order valence-corrected chi connectivity index (χ1v) is 5.35. The number of carbonyl (C=O) groups excluding carboxylic acids is 1. The average Bonchev–Trinajstić information content (AvgIpc) is 2.29. The van der Waals surface area contributed by atoms with Crippen LogP contribution in [-0.2, 0) is 4.74 Å². The number of nitrogens with one attached hydrogen (secondary N) is 1. The monoisotopic (exact) mass is 241 g/mol. The quantitative estimate of drug-likeness (QED) is 0.881. The van der Waals surface area contributed by atoms with Gasteiger partial charge in [0.15, 0.2) is 11.6 Å². The van der Waals surface area contributed by atoms with Crippen LogP contribution < -0.4 is 10.1 Å². The van der Waals surface area contributed by atoms with E-state index in [0.717, 1.165) is 0 Å². The van der Waals surface area contributed by atoms with Gasteiger partial charge in [-0.1, -0.05) is 6.07 Å². The smallest absolute Gasteiger partial charge is 0.407 e. The van der Waals surface area contributed by atoms with E-state index in [2.05, 4.69) is 5.32 Å². The van der Waals surface area contributed by atoms with Crippen molar-refractivity contribution in [3.05, 3.63) is 29.6 Å². The summed E-state index contributed by atoms with van der Waals surface area (Å²) in [6.07, 6.45) is -0.517. The largest absolute Gasteiger partial charge is 0.494 e. The molecule has 1 amide bonds. The molecule has 0 aliphatic rings. The van der Waals surface area contributed by atoms with Crippen LogP contribution in [0.15, 0.2) is 18.2 Å². The maximum atomic E-state index is 13.4. The number of amides is 1. The molecule has 1 unspecified atom stereocenters. The summed E-state index contributed by atoms with van der Waals surface area (Å²) in [6.45, 7) is 3.77. The van der Waals surface area contributed by atoms with Crippen molar-refractivity contribution in [2.75, 3.05) is 13.7 Å². The lowest BCUT2D eigenvalue weighted by molar-refractivity contribution is 0.149. The molecular weight excluding hydrogens is 225 g/mol. The Morgan fingerprint density at radius 1 is 1.53 bits per heavy atom. The molecule has 5 heteroatoms. The molecule has 0 aliphatic heterocycles. The van der Waals surface area contributed by atoms with E-state index >= 15 is 0 Å². The Hall–Kier alpha value is -1.78. The highest BCUT2D eigenvalue weighted by Crippen LogP contribution is 2.21. The first-order chi connectivity index (χ1) is 8.08. The topological polar surface area (TPSA) is 47.6 Å². The highest BCUT2D eigenvalue weighted by atomic mass is 19.1. The molecule has 17 heavy (non-hydrogen) atoms. The maximum absolute atomic E-state index is 13.4. The number of alkyl carbamates (subject to hydrolysis) is 1. The van der Waals surface area contributed by atoms with Crippen molar-refractivity contribution in [2.24, 2.45) is 0 Å². The molecule has 1 atom stereocenters. The summed E-state index contributed by atoms with van der Waals surface area (Å²) in [5.74, 6) is -0.278. The van der Waals surface area contributed by atoms with Crippen LogP contribution in [0.5, 0.6) is 5.75 Å². The second-order valence-electron chi connectivity index (χ2n) is 3.48. The average molecular weight is 241 g/mol. The molecule has 0 spiro atoms. The molecule has 0 saturated carbocycles. The summed E-state index contributed by atoms with van der Waals surface area (Å²) in [4.78, 5) is 11.2. The predicted octanol–water partition coefficient (Wildman–Crippen LogP) is 2.64. The first-order valence-electron chi connectivity index (χ1n) is 5.35. The minimum Gasteiger partial charge on any atom is -0.494 e. The number of hydrogen-bond donors (Lipinski definition) is 1. The van der Waals surface area contributed by atoms with E-state index in [1.165, 1.54) is 19.2 Å². The van der Waals surface area contributed by atoms with E-state index < -0.39 is 11.9 Å². The van der Waals surface area contributed by atoms with Gasteiger partial charge < -0.3 is 14.8 Å². The molecule has 1 aromatic rings. The lowest BCUT2D eigenvalue weighted by Crippen LogP contribution is -2.27. The SMILES string of the molecule is CCOC(=O)NC(C)c1ccc(OC)c(F)c1. The zero-order valence-electron chi connectivity index (χ0n) is 10.1. The fraction of sp³-hybridized carbons (Fsp3) is 0.417. The minimum absolute atomic E-state index is 0.178. The molecule has 1 rings (SSSR count). The third-order valence-corrected chi connectivity index (χ3v) is 2.29. The third kappa shape index (κ3) is 3.62. The Labute approximate surface area is 99.7 Å². The molecule has 1 N–H and O–H groups in total. The summed E-state index contributed by atoms with van der Waals surface area (Å²) in [5, 5.41) is 2.59. The number of hydrogen-bond acceptors (Lipinski definition) is 3. The molecule has 94 valence electrons. The summed E-state index contributed by atoms with van der Waals surface area (Å²) in [6, 6.07) is 4.22. The predicted molar refractivity (Wildman–Crippen MR) is 61.5 cm³/mol. The fourth-order valence-electron chi connectivity index (χ4n) is 1.38. The van der Waals surface area contributed by atoms with Gasteiger partial charge in [-0.25, -0.2) is 9.18 Å². The van der Waals surface area contributed by atoms with Crippen molar-refractivity contribution in [1.29, 1.82) is 0 Å². The second kappa shape index (κ2) is 6.08. The number of halogens is 1. The van der Waals surface area contributed by atoms with E-state index in [1.54, 1.807) is 19.9 Å². The molecule has 0 bridgehead atoms. The Bertz CT molecular complexity index is 395. The van der Waals surface area contributed by atoms with E-state index in [1.807, 2.05) is 0 Å². The summed E-state index contributed by atoms with van der Waals surface area (Å²) < 4.78 is 23.0. The highest BCUT2D eigenvalue weighted by molar-refractivity contribution is 5.67. The number of carbonyl (C=O) groups is 1. The van der Waals surface area contributed by atoms with Crippen LogP contribution in [0.1, 0.15) is 25.5 Å². The molecule has 4 nitrogen and oxygen atoms in total. The van der Waals surface area contributed by atoms with Gasteiger partial charge in [-0.15, -0.1) is 0 Å². The number of rotatable bonds is 4. The Morgan fingerprint density at radius 2 is 2.24 bits per heavy atom. The van der Waals surface area contributed by atoms with Gasteiger partial charge >= 0.3 is 6.09 Å². The summed E-state index contributed by atoms with van der Waals surface area (Å²) in [7, 11) is 1.40. The normalized spacial score (nSPS) is 11.8. The molecule has 0 aromatic heterocycles. The first kappa shape index (κ1) is 13.3. The van der Waals surface area contributed by atoms with Crippen LogP contribution in [0.3, 0.4) is 0 Å². The van der Waals surface area contributed by atoms with Gasteiger partial charge in [-0.3, -0.25) is 0 Å². The summed E-state index contributed by atoms with van der Waals surface area (Å²) >= 11 is 0. The van der Waals surface area contributed by atoms with Gasteiger partial charge in [0.1, 0.15) is 0 Å². The van der Waals surface area contributed by atoms with Crippen LogP contribution in [-0.4, -0.2) is 19.8 Å². The molecule has 1 aromatic carbocycles. The fourth-order valence-corrected chi connectivity index (χ4v) is 1.38. The van der Waals surface area contributed by atoms with E-state index in [-0.39, 0.29) is 11.8 Å². The molecule has 0 radical (unpaired) electrons.